The molecule has 5 nitrogen and oxygen atoms in total. The van der Waals surface area contributed by atoms with Gasteiger partial charge in [-0.15, -0.1) is 11.3 Å². The van der Waals surface area contributed by atoms with Crippen LogP contribution in [0.1, 0.15) is 29.3 Å². The Kier molecular flexibility index (Phi) is 6.85. The van der Waals surface area contributed by atoms with Gasteiger partial charge in [-0.05, 0) is 44.0 Å². The number of anilines is 2. The third-order valence-electron chi connectivity index (χ3n) is 5.62. The van der Waals surface area contributed by atoms with E-state index in [0.717, 1.165) is 54.7 Å². The molecule has 1 saturated heterocycles. The molecule has 7 heteroatoms. The fourth-order valence-corrected chi connectivity index (χ4v) is 5.13. The first-order chi connectivity index (χ1) is 15.1. The molecule has 0 unspecified atom stereocenters. The highest BCUT2D eigenvalue weighted by Gasteiger charge is 2.29. The van der Waals surface area contributed by atoms with Crippen molar-refractivity contribution in [1.82, 2.24) is 10.2 Å². The van der Waals surface area contributed by atoms with Crippen molar-refractivity contribution in [3.63, 3.8) is 0 Å². The largest absolute Gasteiger partial charge is 0.385 e. The second-order valence-electron chi connectivity index (χ2n) is 7.78. The predicted molar refractivity (Wildman–Crippen MR) is 129 cm³/mol. The molecule has 164 valence electrons. The van der Waals surface area contributed by atoms with E-state index in [1.807, 2.05) is 19.1 Å². The van der Waals surface area contributed by atoms with Crippen molar-refractivity contribution >= 4 is 39.6 Å². The normalized spacial score (nSPS) is 18.6. The number of amidine groups is 1. The molecule has 1 atom stereocenters. The highest BCUT2D eigenvalue weighted by Crippen LogP contribution is 2.42. The molecule has 1 aromatic heterocycles. The Balaban J connectivity index is 1.77. The Bertz CT molecular complexity index is 1030. The Morgan fingerprint density at radius 2 is 2.23 bits per heavy atom. The van der Waals surface area contributed by atoms with E-state index in [4.69, 9.17) is 9.73 Å². The van der Waals surface area contributed by atoms with Crippen LogP contribution >= 0.6 is 11.3 Å². The van der Waals surface area contributed by atoms with Crippen LogP contribution in [0.2, 0.25) is 0 Å². The van der Waals surface area contributed by atoms with Crippen LogP contribution in [0.3, 0.4) is 0 Å². The van der Waals surface area contributed by atoms with Gasteiger partial charge in [0, 0.05) is 50.3 Å². The van der Waals surface area contributed by atoms with Crippen molar-refractivity contribution in [3.8, 4) is 0 Å². The molecule has 1 aromatic carbocycles. The van der Waals surface area contributed by atoms with E-state index in [0.29, 0.717) is 11.7 Å². The van der Waals surface area contributed by atoms with Crippen LogP contribution in [0, 0.1) is 12.7 Å². The number of ether oxygens (including phenoxy) is 1. The summed E-state index contributed by atoms with van der Waals surface area (Å²) in [6.45, 7) is 7.44. The van der Waals surface area contributed by atoms with Crippen LogP contribution in [0.15, 0.2) is 41.4 Å². The van der Waals surface area contributed by atoms with Crippen molar-refractivity contribution in [1.29, 1.82) is 0 Å². The zero-order chi connectivity index (χ0) is 21.8. The first-order valence-corrected chi connectivity index (χ1v) is 11.5. The molecule has 2 N–H and O–H groups in total. The summed E-state index contributed by atoms with van der Waals surface area (Å²) in [4.78, 5) is 8.52. The number of halogens is 1. The minimum absolute atomic E-state index is 0.279. The number of piperazine rings is 1. The van der Waals surface area contributed by atoms with Gasteiger partial charge in [-0.2, -0.15) is 0 Å². The quantitative estimate of drug-likeness (QED) is 0.625. The van der Waals surface area contributed by atoms with E-state index < -0.39 is 0 Å². The number of nitrogens with one attached hydrogen (secondary N) is 2. The smallest absolute Gasteiger partial charge is 0.140 e. The van der Waals surface area contributed by atoms with E-state index in [1.54, 1.807) is 24.5 Å². The molecule has 3 heterocycles. The lowest BCUT2D eigenvalue weighted by Gasteiger charge is -2.36. The number of benzene rings is 1. The van der Waals surface area contributed by atoms with E-state index >= 15 is 0 Å². The molecular weight excluding hydrogens is 411 g/mol. The van der Waals surface area contributed by atoms with Gasteiger partial charge in [0.2, 0.25) is 0 Å². The fourth-order valence-electron chi connectivity index (χ4n) is 4.00. The van der Waals surface area contributed by atoms with Gasteiger partial charge in [0.15, 0.2) is 0 Å². The minimum Gasteiger partial charge on any atom is -0.385 e. The molecular formula is C24H29FN4OS. The van der Waals surface area contributed by atoms with Gasteiger partial charge in [-0.3, -0.25) is 0 Å². The van der Waals surface area contributed by atoms with Gasteiger partial charge in [0.25, 0.3) is 0 Å². The number of aliphatic imine (C=N–C) groups is 1. The van der Waals surface area contributed by atoms with Crippen LogP contribution in [-0.4, -0.2) is 50.1 Å². The van der Waals surface area contributed by atoms with Gasteiger partial charge in [0.1, 0.15) is 16.7 Å². The van der Waals surface area contributed by atoms with Crippen molar-refractivity contribution in [2.75, 3.05) is 38.7 Å². The summed E-state index contributed by atoms with van der Waals surface area (Å²) in [5.74, 6) is 0.633. The molecule has 0 saturated carbocycles. The maximum Gasteiger partial charge on any atom is 0.140 e. The number of methoxy groups -OCH3 is 1. The molecule has 1 fully saturated rings. The molecule has 2 aliphatic rings. The fraction of sp³-hybridized carbons (Fsp3) is 0.375. The molecule has 2 aromatic rings. The molecule has 4 rings (SSSR count). The van der Waals surface area contributed by atoms with Crippen LogP contribution in [0.25, 0.3) is 6.08 Å². The number of hydrogen-bond acceptors (Lipinski definition) is 6. The average molecular weight is 441 g/mol. The zero-order valence-electron chi connectivity index (χ0n) is 18.2. The van der Waals surface area contributed by atoms with Gasteiger partial charge in [0.05, 0.1) is 16.9 Å². The van der Waals surface area contributed by atoms with Crippen LogP contribution < -0.4 is 10.6 Å². The van der Waals surface area contributed by atoms with Crippen molar-refractivity contribution in [2.24, 2.45) is 4.99 Å². The van der Waals surface area contributed by atoms with Crippen LogP contribution in [-0.2, 0) is 4.74 Å². The number of allylic oxidation sites excluding steroid dienone is 3. The molecule has 0 aliphatic carbocycles. The van der Waals surface area contributed by atoms with E-state index in [2.05, 4.69) is 34.6 Å². The first-order valence-electron chi connectivity index (χ1n) is 10.7. The summed E-state index contributed by atoms with van der Waals surface area (Å²) in [6, 6.07) is 5.08. The van der Waals surface area contributed by atoms with Gasteiger partial charge < -0.3 is 20.3 Å². The standard InChI is InChI=1S/C24H29FN4OS/c1-4-5-6-7-21-16(2)22-23(29-12-11-26-18(15-29)10-13-30-3)27-20-14-17(25)8-9-19(20)28-24(22)31-21/h4-9,14,18,26,28H,10-13,15H2,1-3H3/b5-4-,7-6-/t18-/m0/s1. The Morgan fingerprint density at radius 3 is 3.03 bits per heavy atom. The third kappa shape index (κ3) is 4.74. The van der Waals surface area contributed by atoms with Gasteiger partial charge >= 0.3 is 0 Å². The topological polar surface area (TPSA) is 48.9 Å². The van der Waals surface area contributed by atoms with Crippen molar-refractivity contribution in [2.45, 2.75) is 26.3 Å². The van der Waals surface area contributed by atoms with Crippen LogP contribution in [0.5, 0.6) is 0 Å². The number of hydrogen-bond donors (Lipinski definition) is 2. The molecule has 0 amide bonds. The highest BCUT2D eigenvalue weighted by atomic mass is 32.1. The zero-order valence-corrected chi connectivity index (χ0v) is 19.1. The van der Waals surface area contributed by atoms with E-state index in [9.17, 15) is 4.39 Å². The second-order valence-corrected chi connectivity index (χ2v) is 8.83. The number of rotatable bonds is 5. The molecule has 0 bridgehead atoms. The maximum atomic E-state index is 14.0. The monoisotopic (exact) mass is 440 g/mol. The summed E-state index contributed by atoms with van der Waals surface area (Å²) in [6.07, 6.45) is 9.18. The second kappa shape index (κ2) is 9.77. The van der Waals surface area contributed by atoms with Gasteiger partial charge in [-0.25, -0.2) is 9.38 Å². The Hall–Kier alpha value is -2.48. The summed E-state index contributed by atoms with van der Waals surface area (Å²) in [7, 11) is 1.73. The summed E-state index contributed by atoms with van der Waals surface area (Å²) < 4.78 is 19.3. The van der Waals surface area contributed by atoms with Crippen molar-refractivity contribution in [3.05, 3.63) is 58.2 Å². The van der Waals surface area contributed by atoms with Gasteiger partial charge in [-0.1, -0.05) is 18.2 Å². The first kappa shape index (κ1) is 21.7. The molecule has 2 aliphatic heterocycles. The molecule has 0 spiro atoms. The molecule has 0 radical (unpaired) electrons. The predicted octanol–water partition coefficient (Wildman–Crippen LogP) is 5.23. The van der Waals surface area contributed by atoms with Crippen molar-refractivity contribution < 1.29 is 9.13 Å². The summed E-state index contributed by atoms with van der Waals surface area (Å²) in [5.41, 5.74) is 3.76. The maximum absolute atomic E-state index is 14.0. The lowest BCUT2D eigenvalue weighted by Crippen LogP contribution is -2.53. The SMILES string of the molecule is C/C=C\C=C/c1sc2c(c1C)C(N1CCN[C@@H](CCOC)C1)=Nc1cc(F)ccc1N2. The number of fused-ring (bicyclic) bond motifs is 2. The lowest BCUT2D eigenvalue weighted by molar-refractivity contribution is 0.168. The Morgan fingerprint density at radius 1 is 1.35 bits per heavy atom. The Labute approximate surface area is 187 Å². The minimum atomic E-state index is -0.279. The summed E-state index contributed by atoms with van der Waals surface area (Å²) in [5, 5.41) is 8.15. The average Bonchev–Trinajstić information content (AvgIpc) is 2.97. The third-order valence-corrected chi connectivity index (χ3v) is 6.79. The molecule has 31 heavy (non-hydrogen) atoms. The lowest BCUT2D eigenvalue weighted by atomic mass is 10.1. The van der Waals surface area contributed by atoms with Crippen LogP contribution in [0.4, 0.5) is 20.8 Å². The summed E-state index contributed by atoms with van der Waals surface area (Å²) >= 11 is 1.71. The van der Waals surface area contributed by atoms with E-state index in [-0.39, 0.29) is 5.82 Å². The highest BCUT2D eigenvalue weighted by molar-refractivity contribution is 7.17. The number of thiophene rings is 1. The number of nitrogens with zero attached hydrogens (tertiary/aromatic N) is 2. The van der Waals surface area contributed by atoms with E-state index in [1.165, 1.54) is 22.6 Å².